The number of carbonyl (C=O) groups is 1. The fourth-order valence-corrected chi connectivity index (χ4v) is 3.32. The Morgan fingerprint density at radius 2 is 2.14 bits per heavy atom. The van der Waals surface area contributed by atoms with Gasteiger partial charge in [-0.25, -0.2) is 0 Å². The summed E-state index contributed by atoms with van der Waals surface area (Å²) in [5.74, 6) is 1.30. The van der Waals surface area contributed by atoms with Crippen LogP contribution < -0.4 is 15.2 Å². The Morgan fingerprint density at radius 1 is 1.38 bits per heavy atom. The zero-order valence-corrected chi connectivity index (χ0v) is 12.7. The van der Waals surface area contributed by atoms with Crippen LogP contribution in [0.5, 0.6) is 11.5 Å². The van der Waals surface area contributed by atoms with Crippen molar-refractivity contribution < 1.29 is 14.3 Å². The Hall–Kier alpha value is -1.46. The van der Waals surface area contributed by atoms with E-state index < -0.39 is 0 Å². The van der Waals surface area contributed by atoms with E-state index in [2.05, 4.69) is 0 Å². The fourth-order valence-electron chi connectivity index (χ4n) is 3.05. The van der Waals surface area contributed by atoms with Crippen molar-refractivity contribution in [3.63, 3.8) is 0 Å². The predicted molar refractivity (Wildman–Crippen MR) is 79.8 cm³/mol. The molecule has 0 spiro atoms. The van der Waals surface area contributed by atoms with Crippen LogP contribution >= 0.6 is 11.6 Å². The first-order valence-corrected chi connectivity index (χ1v) is 7.63. The van der Waals surface area contributed by atoms with Crippen molar-refractivity contribution in [2.75, 3.05) is 19.8 Å². The summed E-state index contributed by atoms with van der Waals surface area (Å²) in [4.78, 5) is 13.9. The molecule has 1 fully saturated rings. The second-order valence-electron chi connectivity index (χ2n) is 5.43. The number of hydrogen-bond acceptors (Lipinski definition) is 4. The van der Waals surface area contributed by atoms with Gasteiger partial charge >= 0.3 is 0 Å². The molecule has 0 saturated carbocycles. The number of rotatable bonds is 3. The van der Waals surface area contributed by atoms with E-state index in [-0.39, 0.29) is 18.0 Å². The summed E-state index contributed by atoms with van der Waals surface area (Å²) in [5, 5.41) is 0.505. The summed E-state index contributed by atoms with van der Waals surface area (Å²) in [5.41, 5.74) is 7.08. The van der Waals surface area contributed by atoms with E-state index in [0.29, 0.717) is 42.7 Å². The molecule has 5 nitrogen and oxygen atoms in total. The Bertz CT molecular complexity index is 564. The number of hydrogen-bond donors (Lipinski definition) is 1. The van der Waals surface area contributed by atoms with Gasteiger partial charge in [0.1, 0.15) is 13.2 Å². The minimum absolute atomic E-state index is 0.0976. The number of likely N-dealkylation sites (tertiary alicyclic amines) is 1. The maximum absolute atomic E-state index is 12.1. The second-order valence-corrected chi connectivity index (χ2v) is 5.83. The third-order valence-corrected chi connectivity index (χ3v) is 4.18. The molecule has 21 heavy (non-hydrogen) atoms. The van der Waals surface area contributed by atoms with Gasteiger partial charge in [0.15, 0.2) is 11.5 Å². The summed E-state index contributed by atoms with van der Waals surface area (Å²) in [6.07, 6.45) is 1.27. The van der Waals surface area contributed by atoms with Gasteiger partial charge in [-0.05, 0) is 24.1 Å². The number of halogens is 1. The lowest BCUT2D eigenvalue weighted by molar-refractivity contribution is -0.129. The largest absolute Gasteiger partial charge is 0.486 e. The van der Waals surface area contributed by atoms with E-state index in [1.807, 2.05) is 24.0 Å². The fraction of sp³-hybridized carbons (Fsp3) is 0.533. The average Bonchev–Trinajstić information content (AvgIpc) is 2.74. The van der Waals surface area contributed by atoms with Crippen molar-refractivity contribution in [2.45, 2.75) is 31.8 Å². The maximum Gasteiger partial charge on any atom is 0.224 e. The van der Waals surface area contributed by atoms with Gasteiger partial charge < -0.3 is 20.1 Å². The highest BCUT2D eigenvalue weighted by Gasteiger charge is 2.38. The molecular weight excluding hydrogens is 292 g/mol. The monoisotopic (exact) mass is 310 g/mol. The lowest BCUT2D eigenvalue weighted by Crippen LogP contribution is -2.33. The number of ether oxygens (including phenoxy) is 2. The summed E-state index contributed by atoms with van der Waals surface area (Å²) < 4.78 is 11.1. The zero-order chi connectivity index (χ0) is 15.0. The molecule has 1 aromatic carbocycles. The Kier molecular flexibility index (Phi) is 3.95. The van der Waals surface area contributed by atoms with Crippen molar-refractivity contribution in [3.8, 4) is 11.5 Å². The number of amides is 1. The topological polar surface area (TPSA) is 64.8 Å². The molecule has 0 aromatic heterocycles. The van der Waals surface area contributed by atoms with Crippen LogP contribution in [-0.4, -0.2) is 36.6 Å². The summed E-state index contributed by atoms with van der Waals surface area (Å²) in [6, 6.07) is 3.36. The normalized spacial score (nSPS) is 24.5. The van der Waals surface area contributed by atoms with E-state index >= 15 is 0 Å². The Balaban J connectivity index is 1.98. The van der Waals surface area contributed by atoms with Gasteiger partial charge in [-0.15, -0.1) is 0 Å². The van der Waals surface area contributed by atoms with Crippen LogP contribution in [-0.2, 0) is 4.79 Å². The number of fused-ring (bicyclic) bond motifs is 1. The zero-order valence-electron chi connectivity index (χ0n) is 12.0. The molecule has 2 unspecified atom stereocenters. The average molecular weight is 311 g/mol. The molecule has 0 radical (unpaired) electrons. The molecule has 2 heterocycles. The minimum Gasteiger partial charge on any atom is -0.486 e. The minimum atomic E-state index is -0.220. The van der Waals surface area contributed by atoms with Gasteiger partial charge in [0.05, 0.1) is 11.1 Å². The molecule has 2 aliphatic rings. The Morgan fingerprint density at radius 3 is 2.90 bits per heavy atom. The van der Waals surface area contributed by atoms with Crippen LogP contribution in [0, 0.1) is 0 Å². The first-order chi connectivity index (χ1) is 10.1. The van der Waals surface area contributed by atoms with E-state index in [0.717, 1.165) is 12.0 Å². The van der Waals surface area contributed by atoms with Gasteiger partial charge in [0.25, 0.3) is 0 Å². The van der Waals surface area contributed by atoms with Crippen LogP contribution in [0.3, 0.4) is 0 Å². The number of carbonyl (C=O) groups excluding carboxylic acids is 1. The second kappa shape index (κ2) is 5.73. The number of benzene rings is 1. The van der Waals surface area contributed by atoms with Gasteiger partial charge in [-0.3, -0.25) is 4.79 Å². The van der Waals surface area contributed by atoms with Crippen molar-refractivity contribution >= 4 is 17.5 Å². The number of nitrogens with two attached hydrogens (primary N) is 1. The third-order valence-electron chi connectivity index (χ3n) is 3.90. The molecule has 6 heteroatoms. The van der Waals surface area contributed by atoms with Gasteiger partial charge in [0, 0.05) is 19.0 Å². The highest BCUT2D eigenvalue weighted by atomic mass is 35.5. The van der Waals surface area contributed by atoms with Crippen LogP contribution in [0.15, 0.2) is 12.1 Å². The molecule has 0 bridgehead atoms. The van der Waals surface area contributed by atoms with Crippen LogP contribution in [0.25, 0.3) is 0 Å². The molecule has 1 saturated heterocycles. The smallest absolute Gasteiger partial charge is 0.224 e. The van der Waals surface area contributed by atoms with Gasteiger partial charge in [-0.1, -0.05) is 18.5 Å². The van der Waals surface area contributed by atoms with E-state index in [1.165, 1.54) is 0 Å². The van der Waals surface area contributed by atoms with E-state index in [9.17, 15) is 4.79 Å². The first-order valence-electron chi connectivity index (χ1n) is 7.26. The highest BCUT2D eigenvalue weighted by Crippen LogP contribution is 2.42. The maximum atomic E-state index is 12.1. The standard InChI is InChI=1S/C15H19ClN2O3/c1-2-3-18-13(19)8-11(17)14(18)9-6-10(16)15-12(7-9)20-4-5-21-15/h6-7,11,14H,2-5,8,17H2,1H3. The molecule has 1 amide bonds. The van der Waals surface area contributed by atoms with Crippen molar-refractivity contribution in [1.29, 1.82) is 0 Å². The quantitative estimate of drug-likeness (QED) is 0.929. The van der Waals surface area contributed by atoms with Crippen molar-refractivity contribution in [1.82, 2.24) is 4.90 Å². The highest BCUT2D eigenvalue weighted by molar-refractivity contribution is 6.32. The Labute approximate surface area is 128 Å². The lowest BCUT2D eigenvalue weighted by atomic mass is 10.00. The first kappa shape index (κ1) is 14.5. The van der Waals surface area contributed by atoms with Gasteiger partial charge in [0.2, 0.25) is 5.91 Å². The van der Waals surface area contributed by atoms with Crippen LogP contribution in [0.4, 0.5) is 0 Å². The van der Waals surface area contributed by atoms with Crippen LogP contribution in [0.1, 0.15) is 31.4 Å². The van der Waals surface area contributed by atoms with E-state index in [1.54, 1.807) is 0 Å². The molecule has 2 N–H and O–H groups in total. The summed E-state index contributed by atoms with van der Waals surface area (Å²) in [6.45, 7) is 3.74. The molecule has 114 valence electrons. The SMILES string of the molecule is CCCN1C(=O)CC(N)C1c1cc(Cl)c2c(c1)OCCO2. The lowest BCUT2D eigenvalue weighted by Gasteiger charge is -2.28. The predicted octanol–water partition coefficient (Wildman–Crippen LogP) is 2.12. The van der Waals surface area contributed by atoms with Crippen molar-refractivity contribution in [3.05, 3.63) is 22.7 Å². The molecular formula is C15H19ClN2O3. The molecule has 1 aromatic rings. The third kappa shape index (κ3) is 2.56. The summed E-state index contributed by atoms with van der Waals surface area (Å²) >= 11 is 6.29. The molecule has 0 aliphatic carbocycles. The van der Waals surface area contributed by atoms with E-state index in [4.69, 9.17) is 26.8 Å². The van der Waals surface area contributed by atoms with Gasteiger partial charge in [-0.2, -0.15) is 0 Å². The van der Waals surface area contributed by atoms with Crippen molar-refractivity contribution in [2.24, 2.45) is 5.73 Å². The molecule has 2 atom stereocenters. The molecule has 3 rings (SSSR count). The molecule has 2 aliphatic heterocycles. The van der Waals surface area contributed by atoms with Crippen LogP contribution in [0.2, 0.25) is 5.02 Å². The summed E-state index contributed by atoms with van der Waals surface area (Å²) in [7, 11) is 0. The number of nitrogens with zero attached hydrogens (tertiary/aromatic N) is 1.